The molecule has 2 amide bonds. The number of nitrogens with one attached hydrogen (secondary N) is 1. The molecule has 5 nitrogen and oxygen atoms in total. The molecular weight excluding hydrogens is 412 g/mol. The number of anilines is 2. The van der Waals surface area contributed by atoms with Crippen molar-refractivity contribution < 1.29 is 14.3 Å². The van der Waals surface area contributed by atoms with Gasteiger partial charge in [-0.1, -0.05) is 54.1 Å². The largest absolute Gasteiger partial charge is 0.496 e. The topological polar surface area (TPSA) is 58.6 Å². The van der Waals surface area contributed by atoms with E-state index >= 15 is 0 Å². The smallest absolute Gasteiger partial charge is 0.282 e. The molecule has 1 aliphatic rings. The number of carbonyl (C=O) groups is 2. The molecule has 6 heteroatoms. The standard InChI is InChI=1S/C25H21ClN2O3/c1-15-12-13-17(14-19(15)26)28-24(29)22(18-9-5-7-11-21(18)31-3)23(25(28)30)27-20-10-6-4-8-16(20)2/h4-14,27H,1-3H3. The normalized spacial score (nSPS) is 13.7. The summed E-state index contributed by atoms with van der Waals surface area (Å²) in [5, 5.41) is 3.68. The van der Waals surface area contributed by atoms with Gasteiger partial charge in [-0.15, -0.1) is 0 Å². The van der Waals surface area contributed by atoms with Crippen molar-refractivity contribution in [2.75, 3.05) is 17.3 Å². The van der Waals surface area contributed by atoms with Crippen LogP contribution in [-0.2, 0) is 9.59 Å². The molecule has 0 atom stereocenters. The van der Waals surface area contributed by atoms with Crippen LogP contribution in [0, 0.1) is 13.8 Å². The number of hydrogen-bond acceptors (Lipinski definition) is 4. The fourth-order valence-electron chi connectivity index (χ4n) is 3.55. The van der Waals surface area contributed by atoms with Gasteiger partial charge in [0.05, 0.1) is 18.4 Å². The Labute approximate surface area is 185 Å². The quantitative estimate of drug-likeness (QED) is 0.551. The van der Waals surface area contributed by atoms with Gasteiger partial charge in [-0.25, -0.2) is 4.90 Å². The van der Waals surface area contributed by atoms with Crippen molar-refractivity contribution in [3.05, 3.63) is 94.1 Å². The van der Waals surface area contributed by atoms with E-state index in [4.69, 9.17) is 16.3 Å². The average molecular weight is 433 g/mol. The van der Waals surface area contributed by atoms with Crippen LogP contribution in [0.5, 0.6) is 5.75 Å². The number of para-hydroxylation sites is 2. The molecule has 156 valence electrons. The van der Waals surface area contributed by atoms with Crippen molar-refractivity contribution in [3.8, 4) is 5.75 Å². The number of methoxy groups -OCH3 is 1. The van der Waals surface area contributed by atoms with Gasteiger partial charge in [0.1, 0.15) is 11.4 Å². The zero-order valence-electron chi connectivity index (χ0n) is 17.4. The summed E-state index contributed by atoms with van der Waals surface area (Å²) in [5.41, 5.74) is 3.96. The van der Waals surface area contributed by atoms with Gasteiger partial charge in [0.25, 0.3) is 11.8 Å². The fourth-order valence-corrected chi connectivity index (χ4v) is 3.72. The first-order chi connectivity index (χ1) is 14.9. The first kappa shape index (κ1) is 20.7. The third-order valence-electron chi connectivity index (χ3n) is 5.28. The van der Waals surface area contributed by atoms with E-state index in [2.05, 4.69) is 5.32 Å². The summed E-state index contributed by atoms with van der Waals surface area (Å²) in [4.78, 5) is 28.2. The molecule has 3 aromatic carbocycles. The van der Waals surface area contributed by atoms with Crippen LogP contribution in [-0.4, -0.2) is 18.9 Å². The summed E-state index contributed by atoms with van der Waals surface area (Å²) in [5.74, 6) is -0.383. The van der Waals surface area contributed by atoms with Crippen molar-refractivity contribution in [3.63, 3.8) is 0 Å². The molecule has 31 heavy (non-hydrogen) atoms. The molecule has 3 aromatic rings. The summed E-state index contributed by atoms with van der Waals surface area (Å²) in [6.45, 7) is 3.80. The summed E-state index contributed by atoms with van der Waals surface area (Å²) in [6, 6.07) is 19.9. The molecule has 0 unspecified atom stereocenters. The lowest BCUT2D eigenvalue weighted by Crippen LogP contribution is -2.32. The molecule has 0 radical (unpaired) electrons. The number of aryl methyl sites for hydroxylation is 2. The zero-order valence-corrected chi connectivity index (χ0v) is 18.2. The van der Waals surface area contributed by atoms with Crippen molar-refractivity contribution in [2.24, 2.45) is 0 Å². The Morgan fingerprint density at radius 3 is 2.29 bits per heavy atom. The molecule has 1 heterocycles. The highest BCUT2D eigenvalue weighted by molar-refractivity contribution is 6.46. The zero-order chi connectivity index (χ0) is 22.1. The third kappa shape index (κ3) is 3.68. The molecule has 4 rings (SSSR count). The monoisotopic (exact) mass is 432 g/mol. The number of ether oxygens (including phenoxy) is 1. The number of benzene rings is 3. The van der Waals surface area contributed by atoms with Gasteiger partial charge < -0.3 is 10.1 Å². The minimum absolute atomic E-state index is 0.195. The van der Waals surface area contributed by atoms with Crippen molar-refractivity contribution in [2.45, 2.75) is 13.8 Å². The molecule has 0 aliphatic carbocycles. The number of hydrogen-bond donors (Lipinski definition) is 1. The number of halogens is 1. The molecule has 1 N–H and O–H groups in total. The summed E-state index contributed by atoms with van der Waals surface area (Å²) < 4.78 is 5.47. The fraction of sp³-hybridized carbons (Fsp3) is 0.120. The molecule has 0 bridgehead atoms. The van der Waals surface area contributed by atoms with Crippen LogP contribution < -0.4 is 15.0 Å². The van der Waals surface area contributed by atoms with Gasteiger partial charge in [0.2, 0.25) is 0 Å². The lowest BCUT2D eigenvalue weighted by atomic mass is 10.0. The van der Waals surface area contributed by atoms with E-state index in [1.807, 2.05) is 44.2 Å². The Hall–Kier alpha value is -3.57. The van der Waals surface area contributed by atoms with Crippen LogP contribution in [0.25, 0.3) is 5.57 Å². The highest BCUT2D eigenvalue weighted by Crippen LogP contribution is 2.38. The van der Waals surface area contributed by atoms with Crippen molar-refractivity contribution >= 4 is 40.4 Å². The van der Waals surface area contributed by atoms with E-state index in [0.29, 0.717) is 22.0 Å². The molecule has 0 spiro atoms. The van der Waals surface area contributed by atoms with Gasteiger partial charge in [-0.05, 0) is 49.2 Å². The predicted molar refractivity (Wildman–Crippen MR) is 123 cm³/mol. The number of rotatable bonds is 5. The van der Waals surface area contributed by atoms with Crippen LogP contribution in [0.4, 0.5) is 11.4 Å². The molecule has 0 aromatic heterocycles. The van der Waals surface area contributed by atoms with E-state index in [-0.39, 0.29) is 11.3 Å². The Morgan fingerprint density at radius 1 is 0.871 bits per heavy atom. The van der Waals surface area contributed by atoms with Crippen LogP contribution in [0.2, 0.25) is 5.02 Å². The second-order valence-electron chi connectivity index (χ2n) is 7.27. The van der Waals surface area contributed by atoms with Crippen LogP contribution >= 0.6 is 11.6 Å². The lowest BCUT2D eigenvalue weighted by molar-refractivity contribution is -0.120. The number of carbonyl (C=O) groups excluding carboxylic acids is 2. The Kier molecular flexibility index (Phi) is 5.53. The SMILES string of the molecule is COc1ccccc1C1=C(Nc2ccccc2C)C(=O)N(c2ccc(C)c(Cl)c2)C1=O. The van der Waals surface area contributed by atoms with E-state index in [0.717, 1.165) is 21.7 Å². The second-order valence-corrected chi connectivity index (χ2v) is 7.68. The highest BCUT2D eigenvalue weighted by atomic mass is 35.5. The van der Waals surface area contributed by atoms with Gasteiger partial charge in [-0.3, -0.25) is 9.59 Å². The van der Waals surface area contributed by atoms with Gasteiger partial charge in [0, 0.05) is 16.3 Å². The maximum Gasteiger partial charge on any atom is 0.282 e. The predicted octanol–water partition coefficient (Wildman–Crippen LogP) is 5.36. The molecular formula is C25H21ClN2O3. The van der Waals surface area contributed by atoms with Crippen LogP contribution in [0.15, 0.2) is 72.4 Å². The average Bonchev–Trinajstić information content (AvgIpc) is 3.01. The summed E-state index contributed by atoms with van der Waals surface area (Å²) in [7, 11) is 1.53. The van der Waals surface area contributed by atoms with E-state index in [9.17, 15) is 9.59 Å². The Morgan fingerprint density at radius 2 is 1.58 bits per heavy atom. The van der Waals surface area contributed by atoms with E-state index < -0.39 is 11.8 Å². The number of imide groups is 1. The van der Waals surface area contributed by atoms with E-state index in [1.165, 1.54) is 7.11 Å². The van der Waals surface area contributed by atoms with Crippen LogP contribution in [0.3, 0.4) is 0 Å². The Balaban J connectivity index is 1.89. The second kappa shape index (κ2) is 8.28. The lowest BCUT2D eigenvalue weighted by Gasteiger charge is -2.16. The van der Waals surface area contributed by atoms with Crippen LogP contribution in [0.1, 0.15) is 16.7 Å². The molecule has 0 saturated heterocycles. The highest BCUT2D eigenvalue weighted by Gasteiger charge is 2.41. The maximum atomic E-state index is 13.6. The molecule has 1 aliphatic heterocycles. The van der Waals surface area contributed by atoms with E-state index in [1.54, 1.807) is 36.4 Å². The first-order valence-corrected chi connectivity index (χ1v) is 10.2. The summed E-state index contributed by atoms with van der Waals surface area (Å²) >= 11 is 6.28. The van der Waals surface area contributed by atoms with Crippen molar-refractivity contribution in [1.82, 2.24) is 0 Å². The summed E-state index contributed by atoms with van der Waals surface area (Å²) in [6.07, 6.45) is 0. The minimum Gasteiger partial charge on any atom is -0.496 e. The third-order valence-corrected chi connectivity index (χ3v) is 5.69. The molecule has 0 saturated carbocycles. The minimum atomic E-state index is -0.450. The Bertz CT molecular complexity index is 1230. The number of nitrogens with zero attached hydrogens (tertiary/aromatic N) is 1. The van der Waals surface area contributed by atoms with Gasteiger partial charge in [0.15, 0.2) is 0 Å². The molecule has 0 fully saturated rings. The first-order valence-electron chi connectivity index (χ1n) is 9.77. The van der Waals surface area contributed by atoms with Crippen molar-refractivity contribution in [1.29, 1.82) is 0 Å². The van der Waals surface area contributed by atoms with Gasteiger partial charge in [-0.2, -0.15) is 0 Å². The maximum absolute atomic E-state index is 13.6. The van der Waals surface area contributed by atoms with Gasteiger partial charge >= 0.3 is 0 Å². The number of amides is 2.